The molecule has 1 unspecified atom stereocenters. The molecule has 0 saturated heterocycles. The van der Waals surface area contributed by atoms with Gasteiger partial charge in [0.2, 0.25) is 0 Å². The van der Waals surface area contributed by atoms with E-state index in [0.29, 0.717) is 5.92 Å². The Hall–Kier alpha value is -2.28. The van der Waals surface area contributed by atoms with Gasteiger partial charge in [0, 0.05) is 5.92 Å². The fourth-order valence-corrected chi connectivity index (χ4v) is 4.08. The molecule has 5 rings (SSSR count). The molecule has 0 spiro atoms. The van der Waals surface area contributed by atoms with Crippen molar-refractivity contribution in [1.82, 2.24) is 0 Å². The minimum Gasteiger partial charge on any atom is -0.0830 e. The van der Waals surface area contributed by atoms with Crippen LogP contribution in [0.15, 0.2) is 54.6 Å². The van der Waals surface area contributed by atoms with E-state index in [1.54, 1.807) is 5.56 Å². The lowest BCUT2D eigenvalue weighted by molar-refractivity contribution is 0.846. The summed E-state index contributed by atoms with van der Waals surface area (Å²) in [6, 6.07) is 18.1. The molecular weight excluding hydrogens is 251 g/mol. The molecule has 0 nitrogen and oxygen atoms in total. The predicted octanol–water partition coefficient (Wildman–Crippen LogP) is 3.63. The van der Waals surface area contributed by atoms with Crippen LogP contribution in [-0.2, 0) is 0 Å². The molecule has 1 heteroatoms. The minimum absolute atomic E-state index is 0.555. The van der Waals surface area contributed by atoms with Gasteiger partial charge in [-0.1, -0.05) is 54.0 Å². The molecule has 98 valence electrons. The highest BCUT2D eigenvalue weighted by atomic mass is 14.3. The Balaban J connectivity index is 1.91. The summed E-state index contributed by atoms with van der Waals surface area (Å²) in [5, 5.41) is 2.70. The lowest BCUT2D eigenvalue weighted by Crippen LogP contribution is -2.13. The van der Waals surface area contributed by atoms with E-state index < -0.39 is 0 Å². The number of hydrogen-bond acceptors (Lipinski definition) is 0. The van der Waals surface area contributed by atoms with E-state index in [0.717, 1.165) is 6.42 Å². The monoisotopic (exact) mass is 266 g/mol. The highest BCUT2D eigenvalue weighted by Gasteiger charge is 2.32. The van der Waals surface area contributed by atoms with Gasteiger partial charge in [-0.3, -0.25) is 0 Å². The standard InChI is InChI=1S/C20H15B/c21-19-9-8-15-18-11-13-5-2-1-4-12(13)10-17(18)14-6-3-7-16(19)20(14)15/h1-5,7-11,14H,6,21H2. The molecular formula is C20H15B. The van der Waals surface area contributed by atoms with E-state index in [1.165, 1.54) is 38.5 Å². The quantitative estimate of drug-likeness (QED) is 0.545. The molecule has 0 bridgehead atoms. The van der Waals surface area contributed by atoms with Crippen molar-refractivity contribution in [3.05, 3.63) is 71.3 Å². The molecule has 0 heterocycles. The van der Waals surface area contributed by atoms with Crippen molar-refractivity contribution >= 4 is 30.2 Å². The first-order valence-electron chi connectivity index (χ1n) is 7.66. The lowest BCUT2D eigenvalue weighted by Gasteiger charge is -2.20. The SMILES string of the molecule is Bc1ccc2c3c1C=CCC3c1cc3ccccc3cc1-2. The Morgan fingerprint density at radius 3 is 2.57 bits per heavy atom. The summed E-state index contributed by atoms with van der Waals surface area (Å²) < 4.78 is 0. The maximum absolute atomic E-state index is 2.41. The van der Waals surface area contributed by atoms with Gasteiger partial charge >= 0.3 is 0 Å². The number of rotatable bonds is 0. The van der Waals surface area contributed by atoms with E-state index in [-0.39, 0.29) is 0 Å². The summed E-state index contributed by atoms with van der Waals surface area (Å²) in [7, 11) is 2.22. The smallest absolute Gasteiger partial charge is 0.0830 e. The van der Waals surface area contributed by atoms with Crippen LogP contribution in [0.1, 0.15) is 29.0 Å². The fraction of sp³-hybridized carbons (Fsp3) is 0.100. The van der Waals surface area contributed by atoms with Gasteiger partial charge in [-0.15, -0.1) is 0 Å². The summed E-state index contributed by atoms with van der Waals surface area (Å²) in [4.78, 5) is 0. The molecule has 2 aliphatic carbocycles. The van der Waals surface area contributed by atoms with Gasteiger partial charge in [-0.05, 0) is 57.1 Å². The van der Waals surface area contributed by atoms with Gasteiger partial charge < -0.3 is 0 Å². The Morgan fingerprint density at radius 1 is 0.905 bits per heavy atom. The largest absolute Gasteiger partial charge is 0.140 e. The van der Waals surface area contributed by atoms with Gasteiger partial charge in [-0.25, -0.2) is 0 Å². The van der Waals surface area contributed by atoms with Crippen molar-refractivity contribution in [2.24, 2.45) is 0 Å². The Kier molecular flexibility index (Phi) is 2.11. The number of allylic oxidation sites excluding steroid dienone is 1. The van der Waals surface area contributed by atoms with Crippen molar-refractivity contribution in [2.75, 3.05) is 0 Å². The van der Waals surface area contributed by atoms with Crippen LogP contribution in [-0.4, -0.2) is 7.85 Å². The first-order chi connectivity index (χ1) is 10.3. The maximum atomic E-state index is 2.41. The highest BCUT2D eigenvalue weighted by Crippen LogP contribution is 2.50. The van der Waals surface area contributed by atoms with Crippen molar-refractivity contribution in [3.63, 3.8) is 0 Å². The maximum Gasteiger partial charge on any atom is 0.140 e. The topological polar surface area (TPSA) is 0 Å². The fourth-order valence-electron chi connectivity index (χ4n) is 4.08. The second kappa shape index (κ2) is 3.88. The van der Waals surface area contributed by atoms with E-state index in [1.807, 2.05) is 0 Å². The third-order valence-corrected chi connectivity index (χ3v) is 5.09. The molecule has 0 N–H and O–H groups in total. The molecule has 21 heavy (non-hydrogen) atoms. The van der Waals surface area contributed by atoms with Crippen molar-refractivity contribution in [3.8, 4) is 11.1 Å². The number of fused-ring (bicyclic) bond motifs is 4. The van der Waals surface area contributed by atoms with Crippen LogP contribution in [0.25, 0.3) is 28.0 Å². The average molecular weight is 266 g/mol. The summed E-state index contributed by atoms with van der Waals surface area (Å²) in [6.45, 7) is 0. The van der Waals surface area contributed by atoms with E-state index in [2.05, 4.69) is 68.5 Å². The molecule has 3 aromatic carbocycles. The Labute approximate surface area is 125 Å². The Morgan fingerprint density at radius 2 is 1.71 bits per heavy atom. The van der Waals surface area contributed by atoms with Crippen LogP contribution in [0, 0.1) is 0 Å². The second-order valence-electron chi connectivity index (χ2n) is 6.23. The third kappa shape index (κ3) is 1.41. The molecule has 0 radical (unpaired) electrons. The predicted molar refractivity (Wildman–Crippen MR) is 93.1 cm³/mol. The van der Waals surface area contributed by atoms with Crippen LogP contribution in [0.4, 0.5) is 0 Å². The van der Waals surface area contributed by atoms with Crippen LogP contribution in [0.5, 0.6) is 0 Å². The second-order valence-corrected chi connectivity index (χ2v) is 6.23. The molecule has 1 atom stereocenters. The average Bonchev–Trinajstić information content (AvgIpc) is 2.84. The molecule has 3 aromatic rings. The van der Waals surface area contributed by atoms with Gasteiger partial charge in [0.15, 0.2) is 0 Å². The number of hydrogen-bond donors (Lipinski definition) is 0. The van der Waals surface area contributed by atoms with E-state index in [9.17, 15) is 0 Å². The summed E-state index contributed by atoms with van der Waals surface area (Å²) in [5.74, 6) is 0.555. The zero-order valence-corrected chi connectivity index (χ0v) is 12.1. The lowest BCUT2D eigenvalue weighted by atomic mass is 9.79. The zero-order chi connectivity index (χ0) is 14.0. The van der Waals surface area contributed by atoms with Crippen molar-refractivity contribution in [2.45, 2.75) is 12.3 Å². The van der Waals surface area contributed by atoms with Crippen LogP contribution in [0.3, 0.4) is 0 Å². The summed E-state index contributed by atoms with van der Waals surface area (Å²) in [6.07, 6.45) is 5.79. The first kappa shape index (κ1) is 11.4. The summed E-state index contributed by atoms with van der Waals surface area (Å²) >= 11 is 0. The van der Waals surface area contributed by atoms with Crippen LogP contribution in [0.2, 0.25) is 0 Å². The first-order valence-corrected chi connectivity index (χ1v) is 7.66. The molecule has 2 aliphatic rings. The number of benzene rings is 3. The van der Waals surface area contributed by atoms with Crippen molar-refractivity contribution in [1.29, 1.82) is 0 Å². The minimum atomic E-state index is 0.555. The molecule has 0 fully saturated rings. The molecule has 0 aromatic heterocycles. The molecule has 0 amide bonds. The van der Waals surface area contributed by atoms with Gasteiger partial charge in [-0.2, -0.15) is 0 Å². The zero-order valence-electron chi connectivity index (χ0n) is 12.1. The highest BCUT2D eigenvalue weighted by molar-refractivity contribution is 6.34. The van der Waals surface area contributed by atoms with Crippen molar-refractivity contribution < 1.29 is 0 Å². The van der Waals surface area contributed by atoms with Crippen LogP contribution < -0.4 is 5.46 Å². The van der Waals surface area contributed by atoms with Crippen LogP contribution >= 0.6 is 0 Å². The van der Waals surface area contributed by atoms with E-state index in [4.69, 9.17) is 0 Å². The van der Waals surface area contributed by atoms with E-state index >= 15 is 0 Å². The van der Waals surface area contributed by atoms with Gasteiger partial charge in [0.1, 0.15) is 7.85 Å². The normalized spacial score (nSPS) is 17.8. The molecule has 0 saturated carbocycles. The van der Waals surface area contributed by atoms with Gasteiger partial charge in [0.25, 0.3) is 0 Å². The Bertz CT molecular complexity index is 934. The third-order valence-electron chi connectivity index (χ3n) is 5.09. The van der Waals surface area contributed by atoms with Gasteiger partial charge in [0.05, 0.1) is 0 Å². The molecule has 0 aliphatic heterocycles. The summed E-state index contributed by atoms with van der Waals surface area (Å²) in [5.41, 5.74) is 8.81.